The molecule has 0 radical (unpaired) electrons. The molecule has 2 aliphatic rings. The summed E-state index contributed by atoms with van der Waals surface area (Å²) in [5, 5.41) is 4.00. The van der Waals surface area contributed by atoms with Crippen LogP contribution in [0.4, 0.5) is 11.4 Å². The van der Waals surface area contributed by atoms with Crippen molar-refractivity contribution < 1.29 is 22.5 Å². The number of amides is 1. The summed E-state index contributed by atoms with van der Waals surface area (Å²) in [6.07, 6.45) is 2.07. The van der Waals surface area contributed by atoms with Crippen LogP contribution in [-0.4, -0.2) is 37.6 Å². The van der Waals surface area contributed by atoms with Crippen LogP contribution in [-0.2, 0) is 21.4 Å². The van der Waals surface area contributed by atoms with Gasteiger partial charge in [0, 0.05) is 18.5 Å². The van der Waals surface area contributed by atoms with E-state index in [1.165, 1.54) is 15.3 Å². The predicted molar refractivity (Wildman–Crippen MR) is 121 cm³/mol. The van der Waals surface area contributed by atoms with Crippen molar-refractivity contribution >= 4 is 27.3 Å². The molecule has 5 rings (SSSR count). The highest BCUT2D eigenvalue weighted by Gasteiger charge is 2.33. The Hall–Kier alpha value is -3.40. The Bertz CT molecular complexity index is 1300. The zero-order valence-electron chi connectivity index (χ0n) is 18.4. The van der Waals surface area contributed by atoms with Crippen LogP contribution in [0.5, 0.6) is 5.75 Å². The van der Waals surface area contributed by atoms with Gasteiger partial charge in [-0.2, -0.15) is 4.98 Å². The zero-order valence-corrected chi connectivity index (χ0v) is 19.2. The fourth-order valence-corrected chi connectivity index (χ4v) is 5.66. The van der Waals surface area contributed by atoms with Gasteiger partial charge < -0.3 is 9.26 Å². The van der Waals surface area contributed by atoms with Gasteiger partial charge in [0.1, 0.15) is 5.75 Å². The first kappa shape index (κ1) is 21.4. The standard InChI is InChI=1S/C23H24N4O5S/c1-3-27(17-7-5-4-6-8-17)33(29,30)20-12-19-18(11-15(20)2)26(22(28)14-31-19)13-21-24-23(32-25-21)16-9-10-16/h4-8,11-12,16H,3,9-10,13-14H2,1-2H3. The molecule has 1 aliphatic carbocycles. The van der Waals surface area contributed by atoms with Gasteiger partial charge in [0.25, 0.3) is 15.9 Å². The van der Waals surface area contributed by atoms with Crippen LogP contribution in [0, 0.1) is 6.92 Å². The van der Waals surface area contributed by atoms with Crippen molar-refractivity contribution in [2.24, 2.45) is 0 Å². The van der Waals surface area contributed by atoms with Crippen LogP contribution in [0.3, 0.4) is 0 Å². The lowest BCUT2D eigenvalue weighted by atomic mass is 10.1. The molecule has 1 saturated carbocycles. The molecule has 3 aromatic rings. The van der Waals surface area contributed by atoms with Gasteiger partial charge in [-0.15, -0.1) is 0 Å². The highest BCUT2D eigenvalue weighted by Crippen LogP contribution is 2.40. The van der Waals surface area contributed by atoms with Crippen molar-refractivity contribution in [3.8, 4) is 5.75 Å². The number of aryl methyl sites for hydroxylation is 1. The van der Waals surface area contributed by atoms with Crippen LogP contribution >= 0.6 is 0 Å². The minimum absolute atomic E-state index is 0.127. The third-order valence-corrected chi connectivity index (χ3v) is 7.85. The molecule has 2 heterocycles. The summed E-state index contributed by atoms with van der Waals surface area (Å²) < 4.78 is 39.4. The minimum atomic E-state index is -3.85. The van der Waals surface area contributed by atoms with E-state index in [-0.39, 0.29) is 30.5 Å². The van der Waals surface area contributed by atoms with E-state index in [2.05, 4.69) is 10.1 Å². The van der Waals surface area contributed by atoms with E-state index < -0.39 is 10.0 Å². The van der Waals surface area contributed by atoms with Crippen molar-refractivity contribution in [3.05, 3.63) is 59.7 Å². The second-order valence-corrected chi connectivity index (χ2v) is 10.0. The van der Waals surface area contributed by atoms with Crippen molar-refractivity contribution in [2.75, 3.05) is 22.4 Å². The van der Waals surface area contributed by atoms with Gasteiger partial charge in [-0.1, -0.05) is 23.4 Å². The number of hydrogen-bond donors (Lipinski definition) is 0. The Kier molecular flexibility index (Phi) is 5.32. The van der Waals surface area contributed by atoms with Crippen LogP contribution < -0.4 is 13.9 Å². The third kappa shape index (κ3) is 3.95. The van der Waals surface area contributed by atoms with Crippen molar-refractivity contribution in [1.29, 1.82) is 0 Å². The Morgan fingerprint density at radius 3 is 2.64 bits per heavy atom. The SMILES string of the molecule is CCN(c1ccccc1)S(=O)(=O)c1cc2c(cc1C)N(Cc1noc(C3CC3)n1)C(=O)CO2. The number of benzene rings is 2. The summed E-state index contributed by atoms with van der Waals surface area (Å²) >= 11 is 0. The van der Waals surface area contributed by atoms with E-state index in [9.17, 15) is 13.2 Å². The molecule has 1 aliphatic heterocycles. The number of carbonyl (C=O) groups excluding carboxylic acids is 1. The topological polar surface area (TPSA) is 106 Å². The monoisotopic (exact) mass is 468 g/mol. The Morgan fingerprint density at radius 2 is 1.94 bits per heavy atom. The average Bonchev–Trinajstić information content (AvgIpc) is 3.55. The number of hydrogen-bond acceptors (Lipinski definition) is 7. The molecule has 1 amide bonds. The molecule has 0 atom stereocenters. The zero-order chi connectivity index (χ0) is 23.2. The first-order chi connectivity index (χ1) is 15.9. The highest BCUT2D eigenvalue weighted by atomic mass is 32.2. The second-order valence-electron chi connectivity index (χ2n) is 8.18. The van der Waals surface area contributed by atoms with E-state index in [1.807, 2.05) is 6.07 Å². The molecule has 33 heavy (non-hydrogen) atoms. The summed E-state index contributed by atoms with van der Waals surface area (Å²) in [7, 11) is -3.85. The van der Waals surface area contributed by atoms with E-state index in [1.54, 1.807) is 44.2 Å². The van der Waals surface area contributed by atoms with E-state index in [4.69, 9.17) is 9.26 Å². The molecule has 1 aromatic heterocycles. The molecule has 0 bridgehead atoms. The third-order valence-electron chi connectivity index (χ3n) is 5.81. The average molecular weight is 469 g/mol. The molecule has 2 aromatic carbocycles. The van der Waals surface area contributed by atoms with Gasteiger partial charge in [0.05, 0.1) is 22.8 Å². The van der Waals surface area contributed by atoms with Crippen LogP contribution in [0.15, 0.2) is 51.9 Å². The maximum Gasteiger partial charge on any atom is 0.265 e. The van der Waals surface area contributed by atoms with Gasteiger partial charge in [-0.25, -0.2) is 8.42 Å². The van der Waals surface area contributed by atoms with Crippen molar-refractivity contribution in [1.82, 2.24) is 10.1 Å². The lowest BCUT2D eigenvalue weighted by Crippen LogP contribution is -2.39. The molecular formula is C23H24N4O5S. The summed E-state index contributed by atoms with van der Waals surface area (Å²) in [6.45, 7) is 3.70. The van der Waals surface area contributed by atoms with Gasteiger partial charge in [-0.05, 0) is 50.5 Å². The molecule has 172 valence electrons. The number of sulfonamides is 1. The number of para-hydroxylation sites is 1. The summed E-state index contributed by atoms with van der Waals surface area (Å²) in [5.41, 5.74) is 1.58. The van der Waals surface area contributed by atoms with E-state index in [0.717, 1.165) is 12.8 Å². The summed E-state index contributed by atoms with van der Waals surface area (Å²) in [6, 6.07) is 12.1. The minimum Gasteiger partial charge on any atom is -0.482 e. The lowest BCUT2D eigenvalue weighted by Gasteiger charge is -2.30. The molecule has 1 fully saturated rings. The number of nitrogens with zero attached hydrogens (tertiary/aromatic N) is 4. The van der Waals surface area contributed by atoms with Gasteiger partial charge in [0.2, 0.25) is 5.89 Å². The Morgan fingerprint density at radius 1 is 1.18 bits per heavy atom. The number of fused-ring (bicyclic) bond motifs is 1. The van der Waals surface area contributed by atoms with E-state index >= 15 is 0 Å². The highest BCUT2D eigenvalue weighted by molar-refractivity contribution is 7.92. The molecule has 0 saturated heterocycles. The largest absolute Gasteiger partial charge is 0.482 e. The first-order valence-electron chi connectivity index (χ1n) is 10.9. The maximum atomic E-state index is 13.5. The number of anilines is 2. The molecule has 0 unspecified atom stereocenters. The van der Waals surface area contributed by atoms with Gasteiger partial charge in [-0.3, -0.25) is 14.0 Å². The Labute approximate surface area is 192 Å². The Balaban J connectivity index is 1.49. The fraction of sp³-hybridized carbons (Fsp3) is 0.348. The van der Waals surface area contributed by atoms with Crippen LogP contribution in [0.1, 0.15) is 43.0 Å². The van der Waals surface area contributed by atoms with Crippen molar-refractivity contribution in [3.63, 3.8) is 0 Å². The smallest absolute Gasteiger partial charge is 0.265 e. The second kappa shape index (κ2) is 8.18. The number of rotatable bonds is 7. The molecule has 10 heteroatoms. The summed E-state index contributed by atoms with van der Waals surface area (Å²) in [4.78, 5) is 18.7. The number of carbonyl (C=O) groups is 1. The fourth-order valence-electron chi connectivity index (χ4n) is 3.96. The first-order valence-corrected chi connectivity index (χ1v) is 12.3. The molecule has 0 N–H and O–H groups in total. The van der Waals surface area contributed by atoms with Crippen LogP contribution in [0.2, 0.25) is 0 Å². The molecule has 0 spiro atoms. The molecular weight excluding hydrogens is 444 g/mol. The van der Waals surface area contributed by atoms with Crippen molar-refractivity contribution in [2.45, 2.75) is 44.0 Å². The predicted octanol–water partition coefficient (Wildman–Crippen LogP) is 3.40. The van der Waals surface area contributed by atoms with Gasteiger partial charge >= 0.3 is 0 Å². The normalized spacial score (nSPS) is 15.8. The quantitative estimate of drug-likeness (QED) is 0.523. The molecule has 9 nitrogen and oxygen atoms in total. The maximum absolute atomic E-state index is 13.5. The number of ether oxygens (including phenoxy) is 1. The van der Waals surface area contributed by atoms with Gasteiger partial charge in [0.15, 0.2) is 12.4 Å². The van der Waals surface area contributed by atoms with E-state index in [0.29, 0.717) is 40.3 Å². The number of aromatic nitrogens is 2. The summed E-state index contributed by atoms with van der Waals surface area (Å²) in [5.74, 6) is 1.40. The van der Waals surface area contributed by atoms with Crippen LogP contribution in [0.25, 0.3) is 0 Å². The lowest BCUT2D eigenvalue weighted by molar-refractivity contribution is -0.121.